The molecule has 1 aromatic heterocycles. The smallest absolute Gasteiger partial charge is 0.242 e. The highest BCUT2D eigenvalue weighted by Crippen LogP contribution is 2.35. The minimum Gasteiger partial charge on any atom is -0.369 e. The van der Waals surface area contributed by atoms with Gasteiger partial charge in [0.1, 0.15) is 10.8 Å². The highest BCUT2D eigenvalue weighted by atomic mass is 35.5. The number of halogens is 1. The summed E-state index contributed by atoms with van der Waals surface area (Å²) in [7, 11) is 0. The van der Waals surface area contributed by atoms with E-state index in [0.29, 0.717) is 22.0 Å². The van der Waals surface area contributed by atoms with Crippen LogP contribution in [-0.2, 0) is 9.59 Å². The van der Waals surface area contributed by atoms with Crippen LogP contribution >= 0.6 is 22.9 Å². The number of para-hydroxylation sites is 1. The number of benzene rings is 1. The Bertz CT molecular complexity index is 806. The van der Waals surface area contributed by atoms with E-state index < -0.39 is 18.2 Å². The van der Waals surface area contributed by atoms with Gasteiger partial charge < -0.3 is 5.73 Å². The molecule has 6 nitrogen and oxygen atoms in total. The highest BCUT2D eigenvalue weighted by molar-refractivity contribution is 7.19. The first-order chi connectivity index (χ1) is 12.4. The lowest BCUT2D eigenvalue weighted by Crippen LogP contribution is -2.31. The summed E-state index contributed by atoms with van der Waals surface area (Å²) in [6.07, 6.45) is 4.06. The Labute approximate surface area is 161 Å². The Kier molecular flexibility index (Phi) is 7.29. The van der Waals surface area contributed by atoms with Gasteiger partial charge in [0.15, 0.2) is 10.9 Å². The van der Waals surface area contributed by atoms with Gasteiger partial charge in [-0.3, -0.25) is 19.3 Å². The van der Waals surface area contributed by atoms with Crippen molar-refractivity contribution in [2.75, 3.05) is 4.90 Å². The topological polar surface area (TPSA) is 93.4 Å². The first-order valence-corrected chi connectivity index (χ1v) is 9.48. The summed E-state index contributed by atoms with van der Waals surface area (Å²) in [5, 5.41) is 0.287. The van der Waals surface area contributed by atoms with E-state index in [-0.39, 0.29) is 10.9 Å². The lowest BCUT2D eigenvalue weighted by molar-refractivity contribution is -0.125. The molecule has 0 aliphatic carbocycles. The molecule has 0 saturated carbocycles. The van der Waals surface area contributed by atoms with E-state index in [0.717, 1.165) is 30.6 Å². The van der Waals surface area contributed by atoms with Crippen molar-refractivity contribution in [3.8, 4) is 0 Å². The average molecular weight is 394 g/mol. The second kappa shape index (κ2) is 9.45. The van der Waals surface area contributed by atoms with E-state index >= 15 is 0 Å². The molecule has 8 heteroatoms. The Hall–Kier alpha value is -2.25. The van der Waals surface area contributed by atoms with Crippen LogP contribution in [-0.4, -0.2) is 22.6 Å². The number of nitrogens with zero attached hydrogens (tertiary/aromatic N) is 2. The predicted molar refractivity (Wildman–Crippen MR) is 103 cm³/mol. The first-order valence-electron chi connectivity index (χ1n) is 8.28. The molecular formula is C18H20ClN3O3S. The molecule has 1 aromatic carbocycles. The second-order valence-electron chi connectivity index (χ2n) is 5.72. The molecule has 0 atom stereocenters. The molecule has 0 saturated heterocycles. The van der Waals surface area contributed by atoms with Crippen molar-refractivity contribution in [2.24, 2.45) is 5.73 Å². The number of carbonyl (C=O) groups is 3. The Morgan fingerprint density at radius 2 is 1.96 bits per heavy atom. The Morgan fingerprint density at radius 1 is 1.23 bits per heavy atom. The molecule has 0 unspecified atom stereocenters. The standard InChI is InChI=1S/C18H20ClN3O3S/c1-2-3-4-9-14(23)12-7-5-6-8-13(12)22(17(25)10-16(20)24)18-21-11-15(19)26-18/h5-8,11H,2-4,9-10H2,1H3,(H2,20,24). The third-order valence-electron chi connectivity index (χ3n) is 3.68. The molecule has 0 fully saturated rings. The first kappa shape index (κ1) is 20.1. The van der Waals surface area contributed by atoms with Gasteiger partial charge in [-0.15, -0.1) is 0 Å². The van der Waals surface area contributed by atoms with Crippen molar-refractivity contribution < 1.29 is 14.4 Å². The molecule has 1 heterocycles. The van der Waals surface area contributed by atoms with E-state index in [4.69, 9.17) is 17.3 Å². The summed E-state index contributed by atoms with van der Waals surface area (Å²) >= 11 is 7.03. The second-order valence-corrected chi connectivity index (χ2v) is 7.36. The van der Waals surface area contributed by atoms with Crippen molar-refractivity contribution in [1.29, 1.82) is 0 Å². The number of nitrogens with two attached hydrogens (primary N) is 1. The molecule has 26 heavy (non-hydrogen) atoms. The van der Waals surface area contributed by atoms with Crippen molar-refractivity contribution in [1.82, 2.24) is 4.98 Å². The Balaban J connectivity index is 2.43. The summed E-state index contributed by atoms with van der Waals surface area (Å²) in [4.78, 5) is 41.9. The number of Topliss-reactive ketones (excluding diaryl/α,β-unsaturated/α-hetero) is 1. The van der Waals surface area contributed by atoms with Gasteiger partial charge in [-0.1, -0.05) is 54.8 Å². The lowest BCUT2D eigenvalue weighted by atomic mass is 10.0. The van der Waals surface area contributed by atoms with Crippen LogP contribution in [0.15, 0.2) is 30.5 Å². The molecule has 2 rings (SSSR count). The maximum absolute atomic E-state index is 12.7. The molecule has 2 amide bonds. The van der Waals surface area contributed by atoms with Gasteiger partial charge in [0, 0.05) is 12.0 Å². The normalized spacial score (nSPS) is 10.5. The zero-order valence-electron chi connectivity index (χ0n) is 14.4. The zero-order valence-corrected chi connectivity index (χ0v) is 16.0. The van der Waals surface area contributed by atoms with Gasteiger partial charge in [0.25, 0.3) is 0 Å². The van der Waals surface area contributed by atoms with Gasteiger partial charge in [0.2, 0.25) is 11.8 Å². The average Bonchev–Trinajstić information content (AvgIpc) is 3.01. The number of hydrogen-bond donors (Lipinski definition) is 1. The third-order valence-corrected chi connectivity index (χ3v) is 4.78. The van der Waals surface area contributed by atoms with Crippen molar-refractivity contribution in [3.05, 3.63) is 40.4 Å². The number of thiazole rings is 1. The van der Waals surface area contributed by atoms with Crippen LogP contribution in [0.25, 0.3) is 0 Å². The van der Waals surface area contributed by atoms with Crippen LogP contribution in [0, 0.1) is 0 Å². The fraction of sp³-hybridized carbons (Fsp3) is 0.333. The van der Waals surface area contributed by atoms with Crippen molar-refractivity contribution >= 4 is 51.4 Å². The molecule has 0 aliphatic rings. The van der Waals surface area contributed by atoms with Gasteiger partial charge in [-0.05, 0) is 18.6 Å². The Morgan fingerprint density at radius 3 is 2.58 bits per heavy atom. The lowest BCUT2D eigenvalue weighted by Gasteiger charge is -2.22. The number of aromatic nitrogens is 1. The highest BCUT2D eigenvalue weighted by Gasteiger charge is 2.26. The summed E-state index contributed by atoms with van der Waals surface area (Å²) in [5.74, 6) is -1.37. The number of primary amides is 1. The number of unbranched alkanes of at least 4 members (excludes halogenated alkanes) is 2. The van der Waals surface area contributed by atoms with E-state index in [1.54, 1.807) is 24.3 Å². The monoisotopic (exact) mass is 393 g/mol. The molecule has 0 aliphatic heterocycles. The molecule has 2 N–H and O–H groups in total. The number of amides is 2. The van der Waals surface area contributed by atoms with Crippen LogP contribution < -0.4 is 10.6 Å². The molecular weight excluding hydrogens is 374 g/mol. The van der Waals surface area contributed by atoms with Crippen LogP contribution in [0.2, 0.25) is 4.34 Å². The third kappa shape index (κ3) is 5.12. The number of ketones is 1. The minimum absolute atomic E-state index is 0.0615. The maximum Gasteiger partial charge on any atom is 0.242 e. The number of carbonyl (C=O) groups excluding carboxylic acids is 3. The quantitative estimate of drug-likeness (QED) is 0.394. The van der Waals surface area contributed by atoms with Crippen LogP contribution in [0.5, 0.6) is 0 Å². The van der Waals surface area contributed by atoms with Crippen LogP contribution in [0.4, 0.5) is 10.8 Å². The maximum atomic E-state index is 12.7. The van der Waals surface area contributed by atoms with Crippen molar-refractivity contribution in [2.45, 2.75) is 39.0 Å². The molecule has 2 aromatic rings. The molecule has 0 spiro atoms. The van der Waals surface area contributed by atoms with E-state index in [2.05, 4.69) is 11.9 Å². The van der Waals surface area contributed by atoms with Gasteiger partial charge in [0.05, 0.1) is 11.9 Å². The predicted octanol–water partition coefficient (Wildman–Crippen LogP) is 4.10. The fourth-order valence-corrected chi connectivity index (χ4v) is 3.43. The summed E-state index contributed by atoms with van der Waals surface area (Å²) in [6.45, 7) is 2.06. The number of hydrogen-bond acceptors (Lipinski definition) is 5. The molecule has 0 radical (unpaired) electrons. The van der Waals surface area contributed by atoms with E-state index in [9.17, 15) is 14.4 Å². The summed E-state index contributed by atoms with van der Waals surface area (Å²) in [5.41, 5.74) is 5.97. The van der Waals surface area contributed by atoms with Crippen LogP contribution in [0.3, 0.4) is 0 Å². The van der Waals surface area contributed by atoms with E-state index in [1.165, 1.54) is 11.1 Å². The zero-order chi connectivity index (χ0) is 19.1. The number of rotatable bonds is 9. The fourth-order valence-electron chi connectivity index (χ4n) is 2.50. The van der Waals surface area contributed by atoms with E-state index in [1.807, 2.05) is 0 Å². The summed E-state index contributed by atoms with van der Waals surface area (Å²) < 4.78 is 0.392. The largest absolute Gasteiger partial charge is 0.369 e. The van der Waals surface area contributed by atoms with Gasteiger partial charge in [-0.25, -0.2) is 4.98 Å². The minimum atomic E-state index is -0.755. The SMILES string of the molecule is CCCCCC(=O)c1ccccc1N(C(=O)CC(N)=O)c1ncc(Cl)s1. The number of anilines is 2. The van der Waals surface area contributed by atoms with Crippen LogP contribution in [0.1, 0.15) is 49.4 Å². The van der Waals surface area contributed by atoms with Gasteiger partial charge >= 0.3 is 0 Å². The molecule has 0 bridgehead atoms. The van der Waals surface area contributed by atoms with Crippen molar-refractivity contribution in [3.63, 3.8) is 0 Å². The van der Waals surface area contributed by atoms with Gasteiger partial charge in [-0.2, -0.15) is 0 Å². The molecule has 138 valence electrons. The summed E-state index contributed by atoms with van der Waals surface area (Å²) in [6, 6.07) is 6.78.